The summed E-state index contributed by atoms with van der Waals surface area (Å²) in [7, 11) is -3.65. The maximum absolute atomic E-state index is 15.5. The topological polar surface area (TPSA) is 111 Å². The van der Waals surface area contributed by atoms with Crippen LogP contribution in [-0.4, -0.2) is 78.6 Å². The van der Waals surface area contributed by atoms with Crippen molar-refractivity contribution in [1.82, 2.24) is 14.9 Å². The van der Waals surface area contributed by atoms with Gasteiger partial charge in [0.25, 0.3) is 10.1 Å². The molecule has 0 radical (unpaired) electrons. The zero-order valence-corrected chi connectivity index (χ0v) is 23.8. The first-order chi connectivity index (χ1) is 17.7. The van der Waals surface area contributed by atoms with E-state index in [-0.39, 0.29) is 53.7 Å². The van der Waals surface area contributed by atoms with E-state index in [1.165, 1.54) is 0 Å². The van der Waals surface area contributed by atoms with Crippen LogP contribution >= 0.6 is 11.6 Å². The Bertz CT molecular complexity index is 1420. The van der Waals surface area contributed by atoms with Crippen molar-refractivity contribution in [2.75, 3.05) is 24.3 Å². The fraction of sp³-hybridized carbons (Fsp3) is 0.640. The van der Waals surface area contributed by atoms with Gasteiger partial charge in [0.1, 0.15) is 17.5 Å². The molecule has 0 aliphatic carbocycles. The number of hydrogen-bond donors (Lipinski definition) is 0. The summed E-state index contributed by atoms with van der Waals surface area (Å²) < 4.78 is 55.5. The number of halogens is 2. The van der Waals surface area contributed by atoms with Crippen LogP contribution in [0, 0.1) is 12.7 Å². The molecule has 4 atom stereocenters. The molecule has 3 aliphatic heterocycles. The van der Waals surface area contributed by atoms with E-state index in [0.29, 0.717) is 29.0 Å². The monoisotopic (exact) mass is 570 g/mol. The van der Waals surface area contributed by atoms with E-state index in [1.54, 1.807) is 6.92 Å². The minimum atomic E-state index is -3.65. The van der Waals surface area contributed by atoms with Gasteiger partial charge in [0.05, 0.1) is 36.4 Å². The van der Waals surface area contributed by atoms with Gasteiger partial charge in [-0.2, -0.15) is 13.4 Å². The molecule has 38 heavy (non-hydrogen) atoms. The second-order valence-corrected chi connectivity index (χ2v) is 13.2. The molecule has 13 heteroatoms. The molecule has 2 saturated heterocycles. The number of rotatable bonds is 4. The number of pyridine rings is 2. The van der Waals surface area contributed by atoms with Crippen LogP contribution in [0.1, 0.15) is 51.8 Å². The van der Waals surface area contributed by atoms with Crippen molar-refractivity contribution < 1.29 is 31.3 Å². The van der Waals surface area contributed by atoms with Crippen LogP contribution in [0.15, 0.2) is 0 Å². The number of carbonyl (C=O) groups excluding carboxylic acids is 1. The molecule has 3 aliphatic rings. The Labute approximate surface area is 226 Å². The van der Waals surface area contributed by atoms with Crippen LogP contribution in [0.2, 0.25) is 5.15 Å². The van der Waals surface area contributed by atoms with E-state index in [2.05, 4.69) is 9.88 Å². The van der Waals surface area contributed by atoms with Crippen LogP contribution in [0.25, 0.3) is 10.8 Å². The van der Waals surface area contributed by atoms with Gasteiger partial charge in [0, 0.05) is 24.0 Å². The first kappa shape index (κ1) is 27.1. The Kier molecular flexibility index (Phi) is 6.67. The molecular weight excluding hydrogens is 539 g/mol. The van der Waals surface area contributed by atoms with Gasteiger partial charge in [0.2, 0.25) is 5.88 Å². The number of hydrogen-bond acceptors (Lipinski definition) is 9. The number of piperazine rings is 1. The molecule has 5 heterocycles. The van der Waals surface area contributed by atoms with Crippen LogP contribution in [0.5, 0.6) is 5.88 Å². The minimum absolute atomic E-state index is 0.125. The Morgan fingerprint density at radius 1 is 1.24 bits per heavy atom. The third kappa shape index (κ3) is 4.75. The van der Waals surface area contributed by atoms with E-state index in [0.717, 1.165) is 19.1 Å². The third-order valence-corrected chi connectivity index (χ3v) is 8.18. The Morgan fingerprint density at radius 3 is 2.61 bits per heavy atom. The average molecular weight is 571 g/mol. The van der Waals surface area contributed by atoms with Gasteiger partial charge < -0.3 is 14.4 Å². The molecule has 1 amide bonds. The first-order valence-corrected chi connectivity index (χ1v) is 14.8. The molecule has 2 fully saturated rings. The van der Waals surface area contributed by atoms with Crippen LogP contribution < -0.4 is 9.64 Å². The number of aryl methyl sites for hydroxylation is 1. The van der Waals surface area contributed by atoms with Gasteiger partial charge in [-0.05, 0) is 53.0 Å². The largest absolute Gasteiger partial charge is 0.472 e. The number of ether oxygens (including phenoxy) is 2. The summed E-state index contributed by atoms with van der Waals surface area (Å²) in [6.07, 6.45) is 1.85. The zero-order chi connectivity index (χ0) is 27.7. The van der Waals surface area contributed by atoms with E-state index in [1.807, 2.05) is 32.6 Å². The van der Waals surface area contributed by atoms with Crippen LogP contribution in [0.3, 0.4) is 0 Å². The van der Waals surface area contributed by atoms with Crippen molar-refractivity contribution >= 4 is 44.4 Å². The zero-order valence-electron chi connectivity index (χ0n) is 22.2. The van der Waals surface area contributed by atoms with Crippen molar-refractivity contribution in [3.8, 4) is 5.88 Å². The highest BCUT2D eigenvalue weighted by molar-refractivity contribution is 7.85. The van der Waals surface area contributed by atoms with Crippen LogP contribution in [0.4, 0.5) is 15.0 Å². The lowest BCUT2D eigenvalue weighted by Crippen LogP contribution is -2.65. The van der Waals surface area contributed by atoms with Gasteiger partial charge in [-0.25, -0.2) is 14.2 Å². The van der Waals surface area contributed by atoms with Gasteiger partial charge in [0.15, 0.2) is 11.0 Å². The smallest absolute Gasteiger partial charge is 0.410 e. The molecule has 10 nitrogen and oxygen atoms in total. The standard InChI is InChI=1S/C25H32ClFN4O6S/c1-12-15(9-10-35-38(6,33)34)28-22-18-17(12)19(27)21(26)29-23(18)36-13(2)20-16-8-7-14(11-30(20)22)31(16)24(32)37-25(3,4)5/h13-14,16,20H,7-11H2,1-6H3/t13-,14+,16-,20+/m0/s1. The Balaban J connectivity index is 1.63. The first-order valence-electron chi connectivity index (χ1n) is 12.6. The average Bonchev–Trinajstić information content (AvgIpc) is 3.03. The molecule has 0 saturated carbocycles. The molecule has 0 spiro atoms. The normalized spacial score (nSPS) is 24.7. The fourth-order valence-corrected chi connectivity index (χ4v) is 6.49. The number of fused-ring (bicyclic) bond motifs is 5. The second-order valence-electron chi connectivity index (χ2n) is 11.2. The predicted octanol–water partition coefficient (Wildman–Crippen LogP) is 3.99. The minimum Gasteiger partial charge on any atom is -0.472 e. The molecule has 0 N–H and O–H groups in total. The molecule has 5 rings (SSSR count). The lowest BCUT2D eigenvalue weighted by atomic mass is 9.97. The number of carbonyl (C=O) groups is 1. The highest BCUT2D eigenvalue weighted by Crippen LogP contribution is 2.47. The number of anilines is 1. The number of nitrogens with zero attached hydrogens (tertiary/aromatic N) is 4. The van der Waals surface area contributed by atoms with E-state index < -0.39 is 27.6 Å². The summed E-state index contributed by atoms with van der Waals surface area (Å²) in [6.45, 7) is 9.42. The molecule has 0 unspecified atom stereocenters. The van der Waals surface area contributed by atoms with E-state index in [4.69, 9.17) is 30.2 Å². The number of amides is 1. The highest BCUT2D eigenvalue weighted by atomic mass is 35.5. The maximum Gasteiger partial charge on any atom is 0.410 e. The quantitative estimate of drug-likeness (QED) is 0.398. The lowest BCUT2D eigenvalue weighted by Gasteiger charge is -2.48. The molecule has 208 valence electrons. The van der Waals surface area contributed by atoms with Crippen molar-refractivity contribution in [1.29, 1.82) is 0 Å². The SMILES string of the molecule is Cc1c(CCOS(C)(=O)=O)nc2c3c(nc(Cl)c(F)c13)O[C@@H](C)[C@@H]1[C@@H]3CC[C@H](CN21)N3C(=O)OC(C)(C)C. The lowest BCUT2D eigenvalue weighted by molar-refractivity contribution is 0.000947. The van der Waals surface area contributed by atoms with Gasteiger partial charge in [-0.3, -0.25) is 9.08 Å². The maximum atomic E-state index is 15.5. The molecule has 0 aromatic carbocycles. The predicted molar refractivity (Wildman–Crippen MR) is 140 cm³/mol. The van der Waals surface area contributed by atoms with Crippen LogP contribution in [-0.2, 0) is 25.5 Å². The summed E-state index contributed by atoms with van der Waals surface area (Å²) in [5, 5.41) is 0.320. The fourth-order valence-electron chi connectivity index (χ4n) is 5.93. The summed E-state index contributed by atoms with van der Waals surface area (Å²) >= 11 is 6.21. The van der Waals surface area contributed by atoms with Gasteiger partial charge >= 0.3 is 6.09 Å². The molecular formula is C25H32ClFN4O6S. The Hall–Kier alpha value is -2.44. The van der Waals surface area contributed by atoms with Crippen molar-refractivity contribution in [2.45, 2.75) is 83.7 Å². The second kappa shape index (κ2) is 9.34. The molecule has 2 aromatic rings. The molecule has 2 bridgehead atoms. The third-order valence-electron chi connectivity index (χ3n) is 7.34. The van der Waals surface area contributed by atoms with Crippen molar-refractivity contribution in [2.24, 2.45) is 0 Å². The number of aromatic nitrogens is 2. The summed E-state index contributed by atoms with van der Waals surface area (Å²) in [5.41, 5.74) is 0.355. The van der Waals surface area contributed by atoms with Crippen molar-refractivity contribution in [3.63, 3.8) is 0 Å². The molecule has 2 aromatic heterocycles. The summed E-state index contributed by atoms with van der Waals surface area (Å²) in [6, 6.07) is -0.653. The van der Waals surface area contributed by atoms with E-state index in [9.17, 15) is 13.2 Å². The van der Waals surface area contributed by atoms with E-state index >= 15 is 4.39 Å². The summed E-state index contributed by atoms with van der Waals surface area (Å²) in [5.74, 6) is -0.0347. The highest BCUT2D eigenvalue weighted by Gasteiger charge is 2.53. The summed E-state index contributed by atoms with van der Waals surface area (Å²) in [4.78, 5) is 26.3. The Morgan fingerprint density at radius 2 is 1.95 bits per heavy atom. The van der Waals surface area contributed by atoms with Gasteiger partial charge in [-0.1, -0.05) is 11.6 Å². The van der Waals surface area contributed by atoms with Crippen molar-refractivity contribution in [3.05, 3.63) is 22.2 Å². The van der Waals surface area contributed by atoms with Gasteiger partial charge in [-0.15, -0.1) is 0 Å².